The van der Waals surface area contributed by atoms with E-state index in [-0.39, 0.29) is 29.6 Å². The lowest BCUT2D eigenvalue weighted by molar-refractivity contribution is -0.138. The van der Waals surface area contributed by atoms with Gasteiger partial charge in [-0.25, -0.2) is 0 Å². The van der Waals surface area contributed by atoms with Crippen LogP contribution in [0.1, 0.15) is 39.2 Å². The number of anilines is 1. The van der Waals surface area contributed by atoms with Gasteiger partial charge in [0, 0.05) is 38.2 Å². The van der Waals surface area contributed by atoms with Gasteiger partial charge in [-0.15, -0.1) is 0 Å². The molecule has 1 aromatic rings. The number of carbonyl (C=O) groups is 3. The Kier molecular flexibility index (Phi) is 6.56. The Morgan fingerprint density at radius 3 is 2.48 bits per heavy atom. The van der Waals surface area contributed by atoms with Crippen LogP contribution in [0.3, 0.4) is 0 Å². The summed E-state index contributed by atoms with van der Waals surface area (Å²) in [6.07, 6.45) is 1.68. The fourth-order valence-corrected chi connectivity index (χ4v) is 3.00. The molecule has 1 heterocycles. The summed E-state index contributed by atoms with van der Waals surface area (Å²) >= 11 is 0. The van der Waals surface area contributed by atoms with Crippen LogP contribution >= 0.6 is 0 Å². The molecule has 0 aliphatic carbocycles. The molecule has 0 saturated carbocycles. The highest BCUT2D eigenvalue weighted by atomic mass is 16.2. The van der Waals surface area contributed by atoms with E-state index in [4.69, 9.17) is 0 Å². The molecule has 1 saturated heterocycles. The maximum absolute atomic E-state index is 12.4. The molecule has 1 atom stereocenters. The van der Waals surface area contributed by atoms with Crippen LogP contribution < -0.4 is 10.6 Å². The van der Waals surface area contributed by atoms with E-state index < -0.39 is 0 Å². The summed E-state index contributed by atoms with van der Waals surface area (Å²) in [7, 11) is 0. The average Bonchev–Trinajstić information content (AvgIpc) is 2.59. The Hall–Kier alpha value is -2.37. The molecule has 1 fully saturated rings. The van der Waals surface area contributed by atoms with Gasteiger partial charge in [-0.2, -0.15) is 0 Å². The lowest BCUT2D eigenvalue weighted by Crippen LogP contribution is -2.46. The van der Waals surface area contributed by atoms with Crippen LogP contribution in [0.2, 0.25) is 0 Å². The molecule has 1 aliphatic rings. The number of likely N-dealkylation sites (tertiary alicyclic amines) is 1. The Balaban J connectivity index is 1.85. The fraction of sp³-hybridized carbons (Fsp3) is 0.526. The summed E-state index contributed by atoms with van der Waals surface area (Å²) in [5.41, 5.74) is 1.70. The minimum absolute atomic E-state index is 0.00723. The zero-order chi connectivity index (χ0) is 18.4. The second kappa shape index (κ2) is 8.65. The molecule has 0 unspecified atom stereocenters. The molecule has 6 heteroatoms. The van der Waals surface area contributed by atoms with E-state index in [1.54, 1.807) is 4.90 Å². The summed E-state index contributed by atoms with van der Waals surface area (Å²) in [6, 6.07) is 7.38. The van der Waals surface area contributed by atoms with E-state index in [0.29, 0.717) is 13.1 Å². The number of carbonyl (C=O) groups excluding carboxylic acids is 3. The predicted molar refractivity (Wildman–Crippen MR) is 96.7 cm³/mol. The average molecular weight is 345 g/mol. The van der Waals surface area contributed by atoms with Crippen LogP contribution in [-0.2, 0) is 20.9 Å². The molecule has 1 aliphatic heterocycles. The Morgan fingerprint density at radius 2 is 1.88 bits per heavy atom. The number of rotatable bonds is 5. The molecule has 0 aromatic heterocycles. The number of hydrogen-bond donors (Lipinski definition) is 2. The molecular formula is C19H27N3O3. The lowest BCUT2D eigenvalue weighted by Gasteiger charge is -2.33. The number of benzene rings is 1. The van der Waals surface area contributed by atoms with Crippen molar-refractivity contribution in [1.29, 1.82) is 0 Å². The molecule has 0 bridgehead atoms. The summed E-state index contributed by atoms with van der Waals surface area (Å²) in [5.74, 6) is -0.184. The Bertz CT molecular complexity index is 625. The minimum atomic E-state index is -0.143. The number of hydrogen-bond acceptors (Lipinski definition) is 3. The normalized spacial score (nSPS) is 17.3. The van der Waals surface area contributed by atoms with E-state index in [1.807, 2.05) is 38.1 Å². The lowest BCUT2D eigenvalue weighted by atomic mass is 9.96. The van der Waals surface area contributed by atoms with E-state index in [9.17, 15) is 14.4 Å². The van der Waals surface area contributed by atoms with E-state index in [2.05, 4.69) is 10.6 Å². The molecule has 3 amide bonds. The molecule has 0 spiro atoms. The molecule has 25 heavy (non-hydrogen) atoms. The van der Waals surface area contributed by atoms with Gasteiger partial charge in [0.15, 0.2) is 0 Å². The van der Waals surface area contributed by atoms with Gasteiger partial charge < -0.3 is 15.5 Å². The van der Waals surface area contributed by atoms with Crippen molar-refractivity contribution in [2.24, 2.45) is 11.8 Å². The first-order chi connectivity index (χ1) is 11.9. The number of amides is 3. The van der Waals surface area contributed by atoms with Gasteiger partial charge in [0.2, 0.25) is 17.7 Å². The van der Waals surface area contributed by atoms with Crippen molar-refractivity contribution >= 4 is 23.4 Å². The van der Waals surface area contributed by atoms with Crippen LogP contribution in [0.4, 0.5) is 5.69 Å². The first kappa shape index (κ1) is 19.0. The largest absolute Gasteiger partial charge is 0.352 e. The molecule has 6 nitrogen and oxygen atoms in total. The van der Waals surface area contributed by atoms with Crippen LogP contribution in [0.15, 0.2) is 24.3 Å². The van der Waals surface area contributed by atoms with E-state index in [0.717, 1.165) is 30.6 Å². The van der Waals surface area contributed by atoms with Gasteiger partial charge in [-0.1, -0.05) is 26.0 Å². The SMILES string of the molecule is CC(=O)Nc1ccc(CNC(=O)[C@@H]2CCCN(C(=O)C(C)C)C2)cc1. The Labute approximate surface area is 149 Å². The molecule has 1 aromatic carbocycles. The first-order valence-electron chi connectivity index (χ1n) is 8.80. The summed E-state index contributed by atoms with van der Waals surface area (Å²) < 4.78 is 0. The quantitative estimate of drug-likeness (QED) is 0.858. The van der Waals surface area contributed by atoms with Gasteiger partial charge in [0.05, 0.1) is 5.92 Å². The van der Waals surface area contributed by atoms with Crippen molar-refractivity contribution in [1.82, 2.24) is 10.2 Å². The minimum Gasteiger partial charge on any atom is -0.352 e. The number of piperidine rings is 1. The van der Waals surface area contributed by atoms with Crippen molar-refractivity contribution in [3.05, 3.63) is 29.8 Å². The maximum atomic E-state index is 12.4. The second-order valence-electron chi connectivity index (χ2n) is 6.87. The number of nitrogens with one attached hydrogen (secondary N) is 2. The van der Waals surface area contributed by atoms with Crippen molar-refractivity contribution in [3.63, 3.8) is 0 Å². The van der Waals surface area contributed by atoms with Crippen LogP contribution in [0, 0.1) is 11.8 Å². The van der Waals surface area contributed by atoms with Crippen LogP contribution in [0.25, 0.3) is 0 Å². The highest BCUT2D eigenvalue weighted by Gasteiger charge is 2.29. The van der Waals surface area contributed by atoms with Gasteiger partial charge in [0.1, 0.15) is 0 Å². The fourth-order valence-electron chi connectivity index (χ4n) is 3.00. The first-order valence-corrected chi connectivity index (χ1v) is 8.80. The standard InChI is InChI=1S/C19H27N3O3/c1-13(2)19(25)22-10-4-5-16(12-22)18(24)20-11-15-6-8-17(9-7-15)21-14(3)23/h6-9,13,16H,4-5,10-12H2,1-3H3,(H,20,24)(H,21,23)/t16-/m1/s1. The number of nitrogens with zero attached hydrogens (tertiary/aromatic N) is 1. The molecule has 2 N–H and O–H groups in total. The van der Waals surface area contributed by atoms with Crippen molar-refractivity contribution in [2.45, 2.75) is 40.2 Å². The smallest absolute Gasteiger partial charge is 0.225 e. The van der Waals surface area contributed by atoms with Crippen LogP contribution in [0.5, 0.6) is 0 Å². The van der Waals surface area contributed by atoms with Gasteiger partial charge in [0.25, 0.3) is 0 Å². The third kappa shape index (κ3) is 5.59. The molecule has 136 valence electrons. The van der Waals surface area contributed by atoms with Crippen molar-refractivity contribution in [2.75, 3.05) is 18.4 Å². The third-order valence-corrected chi connectivity index (χ3v) is 4.34. The van der Waals surface area contributed by atoms with Gasteiger partial charge >= 0.3 is 0 Å². The predicted octanol–water partition coefficient (Wildman–Crippen LogP) is 2.16. The highest BCUT2D eigenvalue weighted by molar-refractivity contribution is 5.88. The third-order valence-electron chi connectivity index (χ3n) is 4.34. The zero-order valence-electron chi connectivity index (χ0n) is 15.2. The van der Waals surface area contributed by atoms with Crippen molar-refractivity contribution < 1.29 is 14.4 Å². The highest BCUT2D eigenvalue weighted by Crippen LogP contribution is 2.19. The monoisotopic (exact) mass is 345 g/mol. The van der Waals surface area contributed by atoms with E-state index >= 15 is 0 Å². The van der Waals surface area contributed by atoms with Gasteiger partial charge in [-0.3, -0.25) is 14.4 Å². The van der Waals surface area contributed by atoms with E-state index in [1.165, 1.54) is 6.92 Å². The van der Waals surface area contributed by atoms with Gasteiger partial charge in [-0.05, 0) is 30.5 Å². The Morgan fingerprint density at radius 1 is 1.20 bits per heavy atom. The van der Waals surface area contributed by atoms with Crippen molar-refractivity contribution in [3.8, 4) is 0 Å². The summed E-state index contributed by atoms with van der Waals surface area (Å²) in [4.78, 5) is 37.3. The maximum Gasteiger partial charge on any atom is 0.225 e. The summed E-state index contributed by atoms with van der Waals surface area (Å²) in [5, 5.41) is 5.66. The van der Waals surface area contributed by atoms with Crippen LogP contribution in [-0.4, -0.2) is 35.7 Å². The molecule has 0 radical (unpaired) electrons. The second-order valence-corrected chi connectivity index (χ2v) is 6.87. The zero-order valence-corrected chi connectivity index (χ0v) is 15.2. The topological polar surface area (TPSA) is 78.5 Å². The molecular weight excluding hydrogens is 318 g/mol. The molecule has 2 rings (SSSR count). The summed E-state index contributed by atoms with van der Waals surface area (Å²) in [6.45, 7) is 6.92.